The summed E-state index contributed by atoms with van der Waals surface area (Å²) in [6, 6.07) is 0.738. The van der Waals surface area contributed by atoms with E-state index < -0.39 is 29.6 Å². The number of nitrogens with one attached hydrogen (secondary N) is 3. The summed E-state index contributed by atoms with van der Waals surface area (Å²) in [4.78, 5) is 22.5. The van der Waals surface area contributed by atoms with Gasteiger partial charge in [-0.15, -0.1) is 0 Å². The number of aryl methyl sites for hydroxylation is 1. The van der Waals surface area contributed by atoms with E-state index in [0.717, 1.165) is 6.07 Å². The number of carbonyl (C=O) groups is 2. The van der Waals surface area contributed by atoms with Crippen molar-refractivity contribution in [3.05, 3.63) is 29.3 Å². The number of amides is 3. The van der Waals surface area contributed by atoms with Gasteiger partial charge in [-0.3, -0.25) is 10.1 Å². The third-order valence-corrected chi connectivity index (χ3v) is 2.50. The van der Waals surface area contributed by atoms with E-state index in [1.165, 1.54) is 27.0 Å². The number of carbonyl (C=O) groups excluding carboxylic acids is 2. The molecule has 3 N–H and O–H groups in total. The Morgan fingerprint density at radius 2 is 1.89 bits per heavy atom. The van der Waals surface area contributed by atoms with E-state index in [1.807, 2.05) is 5.32 Å². The minimum atomic E-state index is -0.969. The van der Waals surface area contributed by atoms with Gasteiger partial charge < -0.3 is 10.6 Å². The maximum Gasteiger partial charge on any atom is 0.321 e. The van der Waals surface area contributed by atoms with Crippen molar-refractivity contribution in [2.45, 2.75) is 19.9 Å². The predicted molar refractivity (Wildman–Crippen MR) is 66.8 cm³/mol. The van der Waals surface area contributed by atoms with E-state index in [9.17, 15) is 18.4 Å². The average Bonchev–Trinajstić information content (AvgIpc) is 2.38. The Morgan fingerprint density at radius 1 is 1.26 bits per heavy atom. The molecule has 0 fully saturated rings. The average molecular weight is 271 g/mol. The minimum absolute atomic E-state index is 0.253. The fourth-order valence-corrected chi connectivity index (χ4v) is 1.35. The molecule has 5 nitrogen and oxygen atoms in total. The highest BCUT2D eigenvalue weighted by Crippen LogP contribution is 2.22. The second-order valence-corrected chi connectivity index (χ2v) is 3.99. The van der Waals surface area contributed by atoms with Crippen LogP contribution < -0.4 is 16.0 Å². The quantitative estimate of drug-likeness (QED) is 0.780. The summed E-state index contributed by atoms with van der Waals surface area (Å²) in [6.07, 6.45) is 0. The number of benzene rings is 1. The van der Waals surface area contributed by atoms with Crippen LogP contribution in [0.25, 0.3) is 0 Å². The molecule has 0 bridgehead atoms. The van der Waals surface area contributed by atoms with Crippen LogP contribution in [0.3, 0.4) is 0 Å². The summed E-state index contributed by atoms with van der Waals surface area (Å²) in [7, 11) is 1.35. The number of hydrogen-bond donors (Lipinski definition) is 3. The first-order chi connectivity index (χ1) is 8.86. The van der Waals surface area contributed by atoms with E-state index >= 15 is 0 Å². The number of imide groups is 1. The van der Waals surface area contributed by atoms with Gasteiger partial charge in [0.15, 0.2) is 5.82 Å². The molecule has 0 spiro atoms. The molecule has 7 heteroatoms. The van der Waals surface area contributed by atoms with Crippen molar-refractivity contribution in [1.29, 1.82) is 0 Å². The van der Waals surface area contributed by atoms with Crippen molar-refractivity contribution >= 4 is 17.6 Å². The molecule has 3 amide bonds. The lowest BCUT2D eigenvalue weighted by molar-refractivity contribution is -0.120. The third kappa shape index (κ3) is 3.64. The van der Waals surface area contributed by atoms with Gasteiger partial charge in [0.2, 0.25) is 5.91 Å². The zero-order valence-electron chi connectivity index (χ0n) is 10.8. The Bertz CT molecular complexity index is 506. The van der Waals surface area contributed by atoms with Gasteiger partial charge in [0.05, 0.1) is 0 Å². The van der Waals surface area contributed by atoms with Crippen molar-refractivity contribution in [3.8, 4) is 0 Å². The van der Waals surface area contributed by atoms with Crippen LogP contribution in [0.15, 0.2) is 12.1 Å². The van der Waals surface area contributed by atoms with Crippen LogP contribution in [0, 0.1) is 18.6 Å². The maximum absolute atomic E-state index is 13.7. The summed E-state index contributed by atoms with van der Waals surface area (Å²) in [6.45, 7) is 2.87. The molecule has 1 unspecified atom stereocenters. The first kappa shape index (κ1) is 14.9. The lowest BCUT2D eigenvalue weighted by Gasteiger charge is -2.16. The first-order valence-corrected chi connectivity index (χ1v) is 5.60. The van der Waals surface area contributed by atoms with Crippen LogP contribution in [-0.2, 0) is 4.79 Å². The largest absolute Gasteiger partial charge is 0.369 e. The summed E-state index contributed by atoms with van der Waals surface area (Å²) in [5.74, 6) is -2.26. The predicted octanol–water partition coefficient (Wildman–Crippen LogP) is 1.53. The molecular weight excluding hydrogens is 256 g/mol. The van der Waals surface area contributed by atoms with Crippen molar-refractivity contribution in [3.63, 3.8) is 0 Å². The van der Waals surface area contributed by atoms with Crippen molar-refractivity contribution in [2.75, 3.05) is 12.4 Å². The standard InChI is InChI=1S/C12H15F2N3O2/c1-6-4-5-8(13)10(9(6)14)16-7(2)11(18)17-12(19)15-3/h4-5,7,16H,1-3H3,(H2,15,17,18,19). The summed E-state index contributed by atoms with van der Waals surface area (Å²) in [5, 5.41) is 6.61. The lowest BCUT2D eigenvalue weighted by Crippen LogP contribution is -2.44. The van der Waals surface area contributed by atoms with Gasteiger partial charge in [-0.05, 0) is 25.5 Å². The monoisotopic (exact) mass is 271 g/mol. The number of halogens is 2. The summed E-state index contributed by atoms with van der Waals surface area (Å²) in [5.41, 5.74) is -0.137. The Morgan fingerprint density at radius 3 is 2.47 bits per heavy atom. The highest BCUT2D eigenvalue weighted by Gasteiger charge is 2.19. The molecular formula is C12H15F2N3O2. The lowest BCUT2D eigenvalue weighted by atomic mass is 10.2. The summed E-state index contributed by atoms with van der Waals surface area (Å²) < 4.78 is 27.2. The highest BCUT2D eigenvalue weighted by molar-refractivity contribution is 5.97. The van der Waals surface area contributed by atoms with Gasteiger partial charge in [0, 0.05) is 7.05 Å². The molecule has 0 radical (unpaired) electrons. The van der Waals surface area contributed by atoms with Crippen LogP contribution in [0.5, 0.6) is 0 Å². The normalized spacial score (nSPS) is 11.6. The number of rotatable bonds is 3. The topological polar surface area (TPSA) is 70.2 Å². The van der Waals surface area contributed by atoms with Crippen LogP contribution in [-0.4, -0.2) is 25.0 Å². The van der Waals surface area contributed by atoms with Crippen LogP contribution in [0.1, 0.15) is 12.5 Å². The smallest absolute Gasteiger partial charge is 0.321 e. The number of hydrogen-bond acceptors (Lipinski definition) is 3. The Balaban J connectivity index is 2.82. The molecule has 0 saturated heterocycles. The molecule has 0 aliphatic carbocycles. The van der Waals surface area contributed by atoms with E-state index in [0.29, 0.717) is 0 Å². The minimum Gasteiger partial charge on any atom is -0.369 e. The SMILES string of the molecule is CNC(=O)NC(=O)C(C)Nc1c(F)ccc(C)c1F. The van der Waals surface area contributed by atoms with E-state index in [4.69, 9.17) is 0 Å². The van der Waals surface area contributed by atoms with Crippen molar-refractivity contribution in [2.24, 2.45) is 0 Å². The third-order valence-electron chi connectivity index (χ3n) is 2.50. The van der Waals surface area contributed by atoms with Crippen LogP contribution >= 0.6 is 0 Å². The van der Waals surface area contributed by atoms with Crippen LogP contribution in [0.2, 0.25) is 0 Å². The zero-order chi connectivity index (χ0) is 14.6. The fraction of sp³-hybridized carbons (Fsp3) is 0.333. The van der Waals surface area contributed by atoms with Crippen molar-refractivity contribution in [1.82, 2.24) is 10.6 Å². The molecule has 0 heterocycles. The molecule has 1 rings (SSSR count). The molecule has 0 aromatic heterocycles. The molecule has 1 aromatic carbocycles. The first-order valence-electron chi connectivity index (χ1n) is 5.60. The van der Waals surface area contributed by atoms with E-state index in [2.05, 4.69) is 10.6 Å². The van der Waals surface area contributed by atoms with Gasteiger partial charge in [0.1, 0.15) is 17.5 Å². The molecule has 0 aliphatic heterocycles. The Labute approximate surface area is 109 Å². The second kappa shape index (κ2) is 6.12. The van der Waals surface area contributed by atoms with Crippen molar-refractivity contribution < 1.29 is 18.4 Å². The molecule has 1 aromatic rings. The number of anilines is 1. The number of urea groups is 1. The Hall–Kier alpha value is -2.18. The molecule has 1 atom stereocenters. The van der Waals surface area contributed by atoms with Gasteiger partial charge in [-0.25, -0.2) is 13.6 Å². The van der Waals surface area contributed by atoms with Gasteiger partial charge in [-0.1, -0.05) is 6.07 Å². The van der Waals surface area contributed by atoms with E-state index in [1.54, 1.807) is 0 Å². The molecule has 0 saturated carbocycles. The fourth-order valence-electron chi connectivity index (χ4n) is 1.35. The van der Waals surface area contributed by atoms with Crippen LogP contribution in [0.4, 0.5) is 19.3 Å². The molecule has 0 aliphatic rings. The zero-order valence-corrected chi connectivity index (χ0v) is 10.8. The molecule has 19 heavy (non-hydrogen) atoms. The van der Waals surface area contributed by atoms with E-state index in [-0.39, 0.29) is 11.3 Å². The van der Waals surface area contributed by atoms with Gasteiger partial charge >= 0.3 is 6.03 Å². The molecule has 104 valence electrons. The summed E-state index contributed by atoms with van der Waals surface area (Å²) >= 11 is 0. The maximum atomic E-state index is 13.7. The second-order valence-electron chi connectivity index (χ2n) is 3.99. The Kier molecular flexibility index (Phi) is 4.80. The van der Waals surface area contributed by atoms with Gasteiger partial charge in [0.25, 0.3) is 0 Å². The highest BCUT2D eigenvalue weighted by atomic mass is 19.1. The van der Waals surface area contributed by atoms with Gasteiger partial charge in [-0.2, -0.15) is 0 Å².